The third-order valence-corrected chi connectivity index (χ3v) is 15.3. The molecule has 0 heterocycles. The van der Waals surface area contributed by atoms with Crippen molar-refractivity contribution in [1.82, 2.24) is 5.32 Å². The van der Waals surface area contributed by atoms with Gasteiger partial charge in [0.2, 0.25) is 5.91 Å². The van der Waals surface area contributed by atoms with Gasteiger partial charge in [-0.1, -0.05) is 292 Å². The number of amides is 1. The van der Waals surface area contributed by atoms with Crippen LogP contribution >= 0.6 is 7.82 Å². The highest BCUT2D eigenvalue weighted by Crippen LogP contribution is 2.43. The van der Waals surface area contributed by atoms with Crippen LogP contribution in [0.2, 0.25) is 0 Å². The van der Waals surface area contributed by atoms with Crippen LogP contribution in [0.5, 0.6) is 0 Å². The number of quaternary nitrogens is 1. The van der Waals surface area contributed by atoms with Crippen molar-refractivity contribution in [2.24, 2.45) is 0 Å². The summed E-state index contributed by atoms with van der Waals surface area (Å²) in [6.07, 6.45) is 77.5. The lowest BCUT2D eigenvalue weighted by Gasteiger charge is -2.27. The average molecular weight is 1130 g/mol. The summed E-state index contributed by atoms with van der Waals surface area (Å²) in [6, 6.07) is -0.891. The molecule has 0 saturated carbocycles. The van der Waals surface area contributed by atoms with Gasteiger partial charge in [0.25, 0.3) is 0 Å². The Bertz CT molecular complexity index is 1630. The van der Waals surface area contributed by atoms with Crippen molar-refractivity contribution in [3.63, 3.8) is 0 Å². The van der Waals surface area contributed by atoms with E-state index in [9.17, 15) is 19.0 Å². The van der Waals surface area contributed by atoms with Crippen LogP contribution in [0.3, 0.4) is 0 Å². The minimum Gasteiger partial charge on any atom is -0.456 e. The molecule has 0 fully saturated rings. The van der Waals surface area contributed by atoms with Crippen LogP contribution in [0, 0.1) is 0 Å². The fraction of sp³-hybridized carbons (Fsp3) is 0.768. The van der Waals surface area contributed by atoms with E-state index in [2.05, 4.69) is 92.9 Å². The molecule has 0 aliphatic carbocycles. The molecular formula is C69H126N2O7P+. The number of allylic oxidation sites excluding steroid dienone is 13. The van der Waals surface area contributed by atoms with Gasteiger partial charge in [-0.2, -0.15) is 0 Å². The molecule has 0 aliphatic rings. The van der Waals surface area contributed by atoms with Gasteiger partial charge in [-0.15, -0.1) is 0 Å². The third-order valence-electron chi connectivity index (χ3n) is 14.4. The molecule has 0 aromatic heterocycles. The number of esters is 1. The summed E-state index contributed by atoms with van der Waals surface area (Å²) >= 11 is 0. The minimum absolute atomic E-state index is 0.0248. The van der Waals surface area contributed by atoms with Gasteiger partial charge < -0.3 is 19.4 Å². The molecule has 0 radical (unpaired) electrons. The summed E-state index contributed by atoms with van der Waals surface area (Å²) in [5.41, 5.74) is 0. The first kappa shape index (κ1) is 76.2. The van der Waals surface area contributed by atoms with Gasteiger partial charge >= 0.3 is 13.8 Å². The molecule has 0 saturated heterocycles. The van der Waals surface area contributed by atoms with E-state index >= 15 is 0 Å². The predicted octanol–water partition coefficient (Wildman–Crippen LogP) is 20.6. The van der Waals surface area contributed by atoms with Crippen molar-refractivity contribution in [2.75, 3.05) is 40.9 Å². The van der Waals surface area contributed by atoms with Crippen molar-refractivity contribution in [2.45, 2.75) is 303 Å². The van der Waals surface area contributed by atoms with Gasteiger partial charge in [0.1, 0.15) is 19.3 Å². The number of unbranched alkanes of at least 4 members (excludes halogenated alkanes) is 31. The highest BCUT2D eigenvalue weighted by atomic mass is 31.2. The first-order valence-electron chi connectivity index (χ1n) is 32.9. The molecule has 2 N–H and O–H groups in total. The van der Waals surface area contributed by atoms with Gasteiger partial charge in [0, 0.05) is 12.8 Å². The molecule has 79 heavy (non-hydrogen) atoms. The Balaban J connectivity index is 5.30. The fourth-order valence-corrected chi connectivity index (χ4v) is 10.1. The highest BCUT2D eigenvalue weighted by Gasteiger charge is 2.30. The largest absolute Gasteiger partial charge is 0.472 e. The summed E-state index contributed by atoms with van der Waals surface area (Å²) < 4.78 is 30.7. The zero-order valence-corrected chi connectivity index (χ0v) is 53.2. The second-order valence-electron chi connectivity index (χ2n) is 23.3. The lowest BCUT2D eigenvalue weighted by Crippen LogP contribution is -2.47. The molecule has 0 bridgehead atoms. The first-order valence-corrected chi connectivity index (χ1v) is 34.4. The van der Waals surface area contributed by atoms with E-state index in [1.165, 1.54) is 173 Å². The summed E-state index contributed by atoms with van der Waals surface area (Å²) in [5.74, 6) is -0.596. The summed E-state index contributed by atoms with van der Waals surface area (Å²) in [6.45, 7) is 6.87. The molecule has 10 heteroatoms. The number of nitrogens with one attached hydrogen (secondary N) is 1. The Morgan fingerprint density at radius 2 is 0.823 bits per heavy atom. The van der Waals surface area contributed by atoms with Gasteiger partial charge in [-0.25, -0.2) is 4.57 Å². The maximum Gasteiger partial charge on any atom is 0.472 e. The van der Waals surface area contributed by atoms with E-state index in [1.54, 1.807) is 0 Å². The van der Waals surface area contributed by atoms with Crippen LogP contribution in [0.25, 0.3) is 0 Å². The Morgan fingerprint density at radius 1 is 0.456 bits per heavy atom. The Morgan fingerprint density at radius 3 is 1.22 bits per heavy atom. The molecule has 0 aromatic carbocycles. The molecule has 3 atom stereocenters. The normalized spacial score (nSPS) is 14.2. The van der Waals surface area contributed by atoms with E-state index in [4.69, 9.17) is 13.8 Å². The van der Waals surface area contributed by atoms with E-state index in [-0.39, 0.29) is 37.9 Å². The van der Waals surface area contributed by atoms with Crippen molar-refractivity contribution < 1.29 is 37.3 Å². The van der Waals surface area contributed by atoms with E-state index in [0.29, 0.717) is 17.4 Å². The Hall–Kier alpha value is -2.81. The standard InChI is InChI=1S/C69H125N2O7P/c1-7-10-13-16-19-22-25-28-30-32-34-35-37-39-41-44-47-50-53-56-59-62-69(73)78-67(60-57-54-51-48-45-42-27-24-21-18-15-12-9-3)66(65-77-79(74,75)76-64-63-71(4,5)6)70-68(72)61-58-55-52-49-46-43-40-38-36-33-31-29-26-23-20-17-14-11-8-2/h11,14,20,23,29,31,36,38,43,46,52,55,57,60,66-67H,7-10,12-13,15-19,21-22,24-28,30,32-35,37,39-42,44-45,47-51,53-54,56,58-59,61-65H2,1-6H3,(H-,70,72,74,75)/p+1/b14-11-,23-20-,31-29-,38-36-,46-43-,55-52-,60-57+. The zero-order chi connectivity index (χ0) is 57.9. The lowest BCUT2D eigenvalue weighted by molar-refractivity contribution is -0.870. The number of carbonyl (C=O) groups is 2. The minimum atomic E-state index is -4.47. The second-order valence-corrected chi connectivity index (χ2v) is 24.7. The van der Waals surface area contributed by atoms with E-state index in [0.717, 1.165) is 77.0 Å². The molecule has 1 amide bonds. The van der Waals surface area contributed by atoms with Crippen molar-refractivity contribution in [1.29, 1.82) is 0 Å². The molecule has 3 unspecified atom stereocenters. The van der Waals surface area contributed by atoms with Crippen LogP contribution in [0.15, 0.2) is 85.1 Å². The molecule has 0 spiro atoms. The van der Waals surface area contributed by atoms with Crippen LogP contribution in [0.4, 0.5) is 0 Å². The predicted molar refractivity (Wildman–Crippen MR) is 341 cm³/mol. The summed E-state index contributed by atoms with van der Waals surface area (Å²) in [7, 11) is 1.45. The highest BCUT2D eigenvalue weighted by molar-refractivity contribution is 7.47. The number of hydrogen-bond acceptors (Lipinski definition) is 6. The first-order chi connectivity index (χ1) is 38.4. The summed E-state index contributed by atoms with van der Waals surface area (Å²) in [4.78, 5) is 37.8. The van der Waals surface area contributed by atoms with Gasteiger partial charge in [0.05, 0.1) is 33.8 Å². The fourth-order valence-electron chi connectivity index (χ4n) is 9.32. The smallest absolute Gasteiger partial charge is 0.456 e. The average Bonchev–Trinajstić information content (AvgIpc) is 3.41. The Kier molecular flexibility index (Phi) is 56.3. The summed E-state index contributed by atoms with van der Waals surface area (Å²) in [5, 5.41) is 3.01. The number of ether oxygens (including phenoxy) is 1. The van der Waals surface area contributed by atoms with Crippen molar-refractivity contribution >= 4 is 19.7 Å². The third kappa shape index (κ3) is 59.6. The van der Waals surface area contributed by atoms with E-state index in [1.807, 2.05) is 39.4 Å². The number of phosphoric ester groups is 1. The van der Waals surface area contributed by atoms with Crippen molar-refractivity contribution in [3.05, 3.63) is 85.1 Å². The number of hydrogen-bond donors (Lipinski definition) is 2. The van der Waals surface area contributed by atoms with Crippen LogP contribution < -0.4 is 5.32 Å². The molecule has 458 valence electrons. The molecule has 0 aromatic rings. The van der Waals surface area contributed by atoms with Gasteiger partial charge in [0.15, 0.2) is 0 Å². The lowest BCUT2D eigenvalue weighted by atomic mass is 10.0. The maximum atomic E-state index is 13.5. The monoisotopic (exact) mass is 1130 g/mol. The number of rotatable bonds is 59. The SMILES string of the molecule is CC/C=C\C/C=C\C/C=C\C/C=C\C/C=C\C/C=C\CCC(=O)NC(COP(=O)(O)OCC[N+](C)(C)C)C(/C=C/CCCCCCCCCCCCC)OC(=O)CCCCCCCCCCCCCCCCCCCCCCC. The number of nitrogens with zero attached hydrogens (tertiary/aromatic N) is 1. The number of carbonyl (C=O) groups excluding carboxylic acids is 2. The molecule has 9 nitrogen and oxygen atoms in total. The van der Waals surface area contributed by atoms with Crippen molar-refractivity contribution in [3.8, 4) is 0 Å². The van der Waals surface area contributed by atoms with Crippen LogP contribution in [0.1, 0.15) is 290 Å². The maximum absolute atomic E-state index is 13.5. The van der Waals surface area contributed by atoms with Crippen LogP contribution in [-0.4, -0.2) is 74.3 Å². The molecule has 0 rings (SSSR count). The quantitative estimate of drug-likeness (QED) is 0.0205. The topological polar surface area (TPSA) is 111 Å². The number of phosphoric acid groups is 1. The Labute approximate surface area is 488 Å². The molecule has 0 aliphatic heterocycles. The van der Waals surface area contributed by atoms with E-state index < -0.39 is 20.0 Å². The van der Waals surface area contributed by atoms with Crippen LogP contribution in [-0.2, 0) is 27.9 Å². The number of likely N-dealkylation sites (N-methyl/N-ethyl adjacent to an activating group) is 1. The van der Waals surface area contributed by atoms with Gasteiger partial charge in [-0.3, -0.25) is 18.6 Å². The second kappa shape index (κ2) is 58.4. The zero-order valence-electron chi connectivity index (χ0n) is 52.3. The molecular weight excluding hydrogens is 1000 g/mol. The van der Waals surface area contributed by atoms with Gasteiger partial charge in [-0.05, 0) is 70.3 Å².